The average Bonchev–Trinajstić information content (AvgIpc) is 2.97. The largest absolute Gasteiger partial charge is 0.476 e. The molecule has 0 bridgehead atoms. The highest BCUT2D eigenvalue weighted by Crippen LogP contribution is 2.16. The van der Waals surface area contributed by atoms with E-state index in [1.165, 1.54) is 10.7 Å². The second-order valence-corrected chi connectivity index (χ2v) is 3.54. The van der Waals surface area contributed by atoms with Gasteiger partial charge < -0.3 is 10.1 Å². The van der Waals surface area contributed by atoms with Crippen LogP contribution in [0.3, 0.4) is 0 Å². The molecule has 0 fully saturated rings. The van der Waals surface area contributed by atoms with Gasteiger partial charge in [-0.1, -0.05) is 0 Å². The fourth-order valence-electron chi connectivity index (χ4n) is 1.66. The van der Waals surface area contributed by atoms with Crippen LogP contribution in [0.15, 0.2) is 36.8 Å². The first kappa shape index (κ1) is 9.59. The number of imidazole rings is 1. The van der Waals surface area contributed by atoms with Crippen LogP contribution in [0.1, 0.15) is 10.5 Å². The number of carboxylic acid groups (broad SMARTS) is 1. The van der Waals surface area contributed by atoms with E-state index in [-0.39, 0.29) is 5.69 Å². The molecule has 2 N–H and O–H groups in total. The summed E-state index contributed by atoms with van der Waals surface area (Å²) in [6.45, 7) is 0. The van der Waals surface area contributed by atoms with Crippen molar-refractivity contribution in [2.75, 3.05) is 0 Å². The molecule has 3 rings (SSSR count). The summed E-state index contributed by atoms with van der Waals surface area (Å²) in [6, 6.07) is 5.41. The molecule has 3 aromatic rings. The number of fused-ring (bicyclic) bond motifs is 1. The van der Waals surface area contributed by atoms with Crippen molar-refractivity contribution in [2.24, 2.45) is 0 Å². The quantitative estimate of drug-likeness (QED) is 0.694. The molecule has 17 heavy (non-hydrogen) atoms. The summed E-state index contributed by atoms with van der Waals surface area (Å²) in [5.74, 6) is -1.05. The fourth-order valence-corrected chi connectivity index (χ4v) is 1.66. The van der Waals surface area contributed by atoms with Gasteiger partial charge in [-0.2, -0.15) is 5.10 Å². The lowest BCUT2D eigenvalue weighted by molar-refractivity contribution is 0.0688. The number of H-pyrrole nitrogens is 1. The number of carboxylic acids is 1. The molecule has 3 aromatic heterocycles. The lowest BCUT2D eigenvalue weighted by Gasteiger charge is -1.99. The Morgan fingerprint density at radius 1 is 1.35 bits per heavy atom. The van der Waals surface area contributed by atoms with Crippen LogP contribution >= 0.6 is 0 Å². The number of aromatic carboxylic acids is 1. The van der Waals surface area contributed by atoms with Crippen LogP contribution in [0.4, 0.5) is 0 Å². The number of rotatable bonds is 2. The highest BCUT2D eigenvalue weighted by Gasteiger charge is 2.12. The van der Waals surface area contributed by atoms with Crippen LogP contribution in [0.25, 0.3) is 16.9 Å². The van der Waals surface area contributed by atoms with Gasteiger partial charge in [-0.15, -0.1) is 0 Å². The van der Waals surface area contributed by atoms with Gasteiger partial charge in [-0.3, -0.25) is 0 Å². The molecule has 0 aliphatic rings. The van der Waals surface area contributed by atoms with Crippen LogP contribution in [-0.2, 0) is 0 Å². The Hall–Kier alpha value is -2.63. The van der Waals surface area contributed by atoms with E-state index in [1.807, 2.05) is 6.07 Å². The monoisotopic (exact) mass is 228 g/mol. The zero-order chi connectivity index (χ0) is 11.8. The number of aromatic amines is 1. The summed E-state index contributed by atoms with van der Waals surface area (Å²) >= 11 is 0. The van der Waals surface area contributed by atoms with E-state index in [2.05, 4.69) is 15.1 Å². The second-order valence-electron chi connectivity index (χ2n) is 3.54. The van der Waals surface area contributed by atoms with Crippen molar-refractivity contribution in [3.8, 4) is 11.3 Å². The Morgan fingerprint density at radius 3 is 2.94 bits per heavy atom. The molecule has 6 nitrogen and oxygen atoms in total. The topological polar surface area (TPSA) is 83.3 Å². The van der Waals surface area contributed by atoms with Gasteiger partial charge in [0.1, 0.15) is 0 Å². The lowest BCUT2D eigenvalue weighted by atomic mass is 10.2. The van der Waals surface area contributed by atoms with Crippen molar-refractivity contribution >= 4 is 11.6 Å². The molecule has 0 radical (unpaired) electrons. The number of hydrogen-bond donors (Lipinski definition) is 2. The average molecular weight is 228 g/mol. The van der Waals surface area contributed by atoms with Gasteiger partial charge in [0.2, 0.25) is 0 Å². The first-order valence-electron chi connectivity index (χ1n) is 4.97. The molecule has 0 spiro atoms. The van der Waals surface area contributed by atoms with Crippen molar-refractivity contribution in [2.45, 2.75) is 0 Å². The maximum Gasteiger partial charge on any atom is 0.356 e. The highest BCUT2D eigenvalue weighted by molar-refractivity contribution is 5.86. The fraction of sp³-hybridized carbons (Fsp3) is 0. The van der Waals surface area contributed by atoms with Gasteiger partial charge in [0, 0.05) is 18.0 Å². The third-order valence-corrected chi connectivity index (χ3v) is 2.48. The molecule has 3 heterocycles. The minimum absolute atomic E-state index is 0.0531. The SMILES string of the molecule is O=C(O)c1cnc2ccc(-c3cc[nH]c3)nn12. The zero-order valence-corrected chi connectivity index (χ0v) is 8.66. The predicted octanol–water partition coefficient (Wildman–Crippen LogP) is 1.42. The number of carbonyl (C=O) groups is 1. The number of aromatic nitrogens is 4. The Balaban J connectivity index is 2.24. The lowest BCUT2D eigenvalue weighted by Crippen LogP contribution is -2.04. The molecule has 0 atom stereocenters. The molecule has 0 saturated heterocycles. The summed E-state index contributed by atoms with van der Waals surface area (Å²) in [5, 5.41) is 13.2. The molecule has 0 saturated carbocycles. The summed E-state index contributed by atoms with van der Waals surface area (Å²) in [4.78, 5) is 17.9. The molecular weight excluding hydrogens is 220 g/mol. The maximum atomic E-state index is 11.0. The van der Waals surface area contributed by atoms with E-state index in [4.69, 9.17) is 5.11 Å². The Morgan fingerprint density at radius 2 is 2.24 bits per heavy atom. The first-order chi connectivity index (χ1) is 8.25. The minimum atomic E-state index is -1.05. The Bertz CT molecular complexity index is 685. The Labute approximate surface area is 95.5 Å². The Kier molecular flexibility index (Phi) is 1.94. The van der Waals surface area contributed by atoms with E-state index >= 15 is 0 Å². The van der Waals surface area contributed by atoms with Gasteiger partial charge in [-0.05, 0) is 18.2 Å². The van der Waals surface area contributed by atoms with E-state index in [1.54, 1.807) is 24.5 Å². The van der Waals surface area contributed by atoms with E-state index < -0.39 is 5.97 Å². The smallest absolute Gasteiger partial charge is 0.356 e. The second kappa shape index (κ2) is 3.44. The van der Waals surface area contributed by atoms with Crippen LogP contribution in [0, 0.1) is 0 Å². The van der Waals surface area contributed by atoms with Gasteiger partial charge in [0.25, 0.3) is 0 Å². The summed E-state index contributed by atoms with van der Waals surface area (Å²) in [5.41, 5.74) is 2.16. The first-order valence-corrected chi connectivity index (χ1v) is 4.97. The van der Waals surface area contributed by atoms with Gasteiger partial charge in [0.05, 0.1) is 11.9 Å². The third-order valence-electron chi connectivity index (χ3n) is 2.48. The van der Waals surface area contributed by atoms with Gasteiger partial charge in [-0.25, -0.2) is 14.3 Å². The number of nitrogens with zero attached hydrogens (tertiary/aromatic N) is 3. The summed E-state index contributed by atoms with van der Waals surface area (Å²) < 4.78 is 1.32. The van der Waals surface area contributed by atoms with Crippen LogP contribution < -0.4 is 0 Å². The van der Waals surface area contributed by atoms with E-state index in [0.717, 1.165) is 5.56 Å². The van der Waals surface area contributed by atoms with Crippen LogP contribution in [-0.4, -0.2) is 30.7 Å². The van der Waals surface area contributed by atoms with Crippen molar-refractivity contribution in [3.05, 3.63) is 42.5 Å². The van der Waals surface area contributed by atoms with E-state index in [0.29, 0.717) is 11.3 Å². The van der Waals surface area contributed by atoms with Crippen LogP contribution in [0.2, 0.25) is 0 Å². The van der Waals surface area contributed by atoms with Gasteiger partial charge >= 0.3 is 5.97 Å². The van der Waals surface area contributed by atoms with Crippen molar-refractivity contribution in [1.82, 2.24) is 19.6 Å². The van der Waals surface area contributed by atoms with Crippen LogP contribution in [0.5, 0.6) is 0 Å². The molecule has 0 unspecified atom stereocenters. The molecule has 6 heteroatoms. The number of nitrogens with one attached hydrogen (secondary N) is 1. The summed E-state index contributed by atoms with van der Waals surface area (Å²) in [6.07, 6.45) is 4.88. The van der Waals surface area contributed by atoms with Crippen molar-refractivity contribution in [3.63, 3.8) is 0 Å². The highest BCUT2D eigenvalue weighted by atomic mass is 16.4. The standard InChI is InChI=1S/C11H8N4O2/c16-11(17)9-6-13-10-2-1-8(14-15(9)10)7-3-4-12-5-7/h1-6,12H,(H,16,17). The predicted molar refractivity (Wildman–Crippen MR) is 59.7 cm³/mol. The maximum absolute atomic E-state index is 11.0. The number of hydrogen-bond acceptors (Lipinski definition) is 3. The molecular formula is C11H8N4O2. The molecule has 0 aliphatic carbocycles. The molecule has 0 aromatic carbocycles. The minimum Gasteiger partial charge on any atom is -0.476 e. The summed E-state index contributed by atoms with van der Waals surface area (Å²) in [7, 11) is 0. The van der Waals surface area contributed by atoms with Gasteiger partial charge in [0.15, 0.2) is 11.3 Å². The van der Waals surface area contributed by atoms with Crippen molar-refractivity contribution in [1.29, 1.82) is 0 Å². The third kappa shape index (κ3) is 1.46. The normalized spacial score (nSPS) is 10.8. The van der Waals surface area contributed by atoms with Crippen molar-refractivity contribution < 1.29 is 9.90 Å². The molecule has 0 amide bonds. The zero-order valence-electron chi connectivity index (χ0n) is 8.66. The molecule has 0 aliphatic heterocycles. The molecule has 84 valence electrons. The van der Waals surface area contributed by atoms with E-state index in [9.17, 15) is 4.79 Å².